The van der Waals surface area contributed by atoms with Crippen molar-refractivity contribution in [2.24, 2.45) is 0 Å². The number of alkyl carbamates (subject to hydrolysis) is 1. The van der Waals surface area contributed by atoms with E-state index < -0.39 is 0 Å². The van der Waals surface area contributed by atoms with Crippen molar-refractivity contribution in [3.63, 3.8) is 0 Å². The van der Waals surface area contributed by atoms with Gasteiger partial charge in [-0.3, -0.25) is 0 Å². The van der Waals surface area contributed by atoms with Gasteiger partial charge in [0.15, 0.2) is 0 Å². The predicted molar refractivity (Wildman–Crippen MR) is 182 cm³/mol. The average Bonchev–Trinajstić information content (AvgIpc) is 2.95. The van der Waals surface area contributed by atoms with Gasteiger partial charge in [0.2, 0.25) is 0 Å². The number of carbonyl (C=O) groups excluding carboxylic acids is 1. The third-order valence-electron chi connectivity index (χ3n) is 7.59. The van der Waals surface area contributed by atoms with Gasteiger partial charge in [0.25, 0.3) is 0 Å². The van der Waals surface area contributed by atoms with Crippen LogP contribution in [0.5, 0.6) is 0 Å². The summed E-state index contributed by atoms with van der Waals surface area (Å²) in [6.07, 6.45) is 42.4. The summed E-state index contributed by atoms with van der Waals surface area (Å²) in [6.45, 7) is 5.97. The molecule has 0 radical (unpaired) electrons. The van der Waals surface area contributed by atoms with Gasteiger partial charge in [-0.15, -0.1) is 0 Å². The number of carbonyl (C=O) groups is 1. The molecule has 0 saturated carbocycles. The summed E-state index contributed by atoms with van der Waals surface area (Å²) in [7, 11) is 4.02. The third kappa shape index (κ3) is 32.8. The van der Waals surface area contributed by atoms with E-state index in [0.717, 1.165) is 38.6 Å². The Bertz CT molecular complexity index is 626. The molecule has 0 aliphatic rings. The van der Waals surface area contributed by atoms with Crippen LogP contribution in [0.25, 0.3) is 0 Å². The lowest BCUT2D eigenvalue weighted by Gasteiger charge is -2.18. The highest BCUT2D eigenvalue weighted by Crippen LogP contribution is 2.15. The quantitative estimate of drug-likeness (QED) is 0.0685. The van der Waals surface area contributed by atoms with Gasteiger partial charge in [-0.25, -0.2) is 4.79 Å². The Labute approximate surface area is 256 Å². The highest BCUT2D eigenvalue weighted by atomic mass is 16.6. The first-order valence-electron chi connectivity index (χ1n) is 17.6. The van der Waals surface area contributed by atoms with Crippen molar-refractivity contribution in [2.45, 2.75) is 168 Å². The molecule has 4 nitrogen and oxygen atoms in total. The van der Waals surface area contributed by atoms with Crippen molar-refractivity contribution < 1.29 is 9.53 Å². The molecule has 0 bridgehead atoms. The van der Waals surface area contributed by atoms with Crippen LogP contribution in [-0.4, -0.2) is 44.3 Å². The van der Waals surface area contributed by atoms with Gasteiger partial charge in [-0.1, -0.05) is 108 Å². The molecule has 0 aromatic rings. The largest absolute Gasteiger partial charge is 0.446 e. The van der Waals surface area contributed by atoms with Crippen LogP contribution >= 0.6 is 0 Å². The molecular formula is C37H70N2O2. The summed E-state index contributed by atoms with van der Waals surface area (Å²) in [5.41, 5.74) is 0. The molecular weight excluding hydrogens is 504 g/mol. The number of likely N-dealkylation sites (N-methyl/N-ethyl adjacent to an activating group) is 1. The van der Waals surface area contributed by atoms with Crippen LogP contribution in [0, 0.1) is 0 Å². The molecule has 0 aromatic heterocycles. The van der Waals surface area contributed by atoms with Gasteiger partial charge in [-0.05, 0) is 104 Å². The molecule has 1 atom stereocenters. The minimum absolute atomic E-state index is 0.00298. The summed E-state index contributed by atoms with van der Waals surface area (Å²) >= 11 is 0. The molecule has 1 amide bonds. The number of unbranched alkanes of at least 4 members (excludes halogenated alkanes) is 16. The standard InChI is InChI=1S/C37H70N2O2/c1-5-7-9-11-13-15-17-18-19-20-21-22-23-25-27-29-31-33-36(41-37(40)38-34-35-39(3)4)32-30-28-26-24-16-14-12-10-8-6-2/h13,15-16,24,27,29,36H,5-12,14,17-23,25-26,28,30-35H2,1-4H3,(H,38,40)/b15-13-,24-16-,29-27-. The summed E-state index contributed by atoms with van der Waals surface area (Å²) in [6, 6.07) is 0. The zero-order valence-electron chi connectivity index (χ0n) is 28.0. The highest BCUT2D eigenvalue weighted by Gasteiger charge is 2.13. The minimum Gasteiger partial charge on any atom is -0.446 e. The second-order valence-electron chi connectivity index (χ2n) is 12.1. The number of nitrogens with zero attached hydrogens (tertiary/aromatic N) is 1. The molecule has 0 rings (SSSR count). The Morgan fingerprint density at radius 3 is 1.51 bits per heavy atom. The average molecular weight is 575 g/mol. The van der Waals surface area contributed by atoms with Crippen LogP contribution in [0.3, 0.4) is 0 Å². The molecule has 4 heteroatoms. The Kier molecular flexibility index (Phi) is 31.7. The molecule has 240 valence electrons. The van der Waals surface area contributed by atoms with E-state index in [1.165, 1.54) is 116 Å². The number of amides is 1. The smallest absolute Gasteiger partial charge is 0.407 e. The van der Waals surface area contributed by atoms with Gasteiger partial charge in [0.05, 0.1) is 0 Å². The van der Waals surface area contributed by atoms with Crippen LogP contribution in [-0.2, 0) is 4.74 Å². The van der Waals surface area contributed by atoms with E-state index >= 15 is 0 Å². The molecule has 1 unspecified atom stereocenters. The monoisotopic (exact) mass is 575 g/mol. The molecule has 0 heterocycles. The lowest BCUT2D eigenvalue weighted by Crippen LogP contribution is -2.34. The fourth-order valence-corrected chi connectivity index (χ4v) is 4.89. The summed E-state index contributed by atoms with van der Waals surface area (Å²) < 4.78 is 5.82. The maximum absolute atomic E-state index is 12.3. The van der Waals surface area contributed by atoms with Crippen molar-refractivity contribution >= 4 is 6.09 Å². The van der Waals surface area contributed by atoms with E-state index in [0.29, 0.717) is 6.54 Å². The normalized spacial score (nSPS) is 12.8. The van der Waals surface area contributed by atoms with Gasteiger partial charge in [-0.2, -0.15) is 0 Å². The third-order valence-corrected chi connectivity index (χ3v) is 7.59. The van der Waals surface area contributed by atoms with E-state index in [2.05, 4.69) is 60.5 Å². The van der Waals surface area contributed by atoms with Gasteiger partial charge < -0.3 is 15.0 Å². The predicted octanol–water partition coefficient (Wildman–Crippen LogP) is 11.3. The molecule has 0 aromatic carbocycles. The Morgan fingerprint density at radius 1 is 0.585 bits per heavy atom. The van der Waals surface area contributed by atoms with Crippen LogP contribution < -0.4 is 5.32 Å². The van der Waals surface area contributed by atoms with Gasteiger partial charge in [0, 0.05) is 13.1 Å². The van der Waals surface area contributed by atoms with Crippen molar-refractivity contribution in [1.82, 2.24) is 10.2 Å². The van der Waals surface area contributed by atoms with Crippen LogP contribution in [0.15, 0.2) is 36.5 Å². The highest BCUT2D eigenvalue weighted by molar-refractivity contribution is 5.67. The fraction of sp³-hybridized carbons (Fsp3) is 0.811. The first-order chi connectivity index (χ1) is 20.1. The molecule has 41 heavy (non-hydrogen) atoms. The number of hydrogen-bond acceptors (Lipinski definition) is 3. The van der Waals surface area contributed by atoms with Crippen molar-refractivity contribution in [3.8, 4) is 0 Å². The first kappa shape index (κ1) is 39.5. The Balaban J connectivity index is 4.03. The number of ether oxygens (including phenoxy) is 1. The zero-order chi connectivity index (χ0) is 30.1. The van der Waals surface area contributed by atoms with Crippen molar-refractivity contribution in [2.75, 3.05) is 27.2 Å². The fourth-order valence-electron chi connectivity index (χ4n) is 4.89. The minimum atomic E-state index is -0.268. The maximum atomic E-state index is 12.3. The van der Waals surface area contributed by atoms with Crippen LogP contribution in [0.1, 0.15) is 162 Å². The van der Waals surface area contributed by atoms with E-state index in [1.54, 1.807) is 0 Å². The van der Waals surface area contributed by atoms with E-state index in [1.807, 2.05) is 14.1 Å². The van der Waals surface area contributed by atoms with E-state index in [-0.39, 0.29) is 12.2 Å². The molecule has 0 fully saturated rings. The van der Waals surface area contributed by atoms with Crippen LogP contribution in [0.4, 0.5) is 4.79 Å². The molecule has 0 spiro atoms. The molecule has 0 saturated heterocycles. The molecule has 0 aliphatic heterocycles. The first-order valence-corrected chi connectivity index (χ1v) is 17.6. The van der Waals surface area contributed by atoms with E-state index in [9.17, 15) is 4.79 Å². The summed E-state index contributed by atoms with van der Waals surface area (Å²) in [5, 5.41) is 2.91. The zero-order valence-corrected chi connectivity index (χ0v) is 28.0. The van der Waals surface area contributed by atoms with Crippen LogP contribution in [0.2, 0.25) is 0 Å². The number of allylic oxidation sites excluding steroid dienone is 6. The van der Waals surface area contributed by atoms with Crippen molar-refractivity contribution in [3.05, 3.63) is 36.5 Å². The van der Waals surface area contributed by atoms with Gasteiger partial charge >= 0.3 is 6.09 Å². The maximum Gasteiger partial charge on any atom is 0.407 e. The molecule has 0 aliphatic carbocycles. The van der Waals surface area contributed by atoms with Gasteiger partial charge in [0.1, 0.15) is 6.10 Å². The number of hydrogen-bond donors (Lipinski definition) is 1. The Morgan fingerprint density at radius 2 is 1.00 bits per heavy atom. The topological polar surface area (TPSA) is 41.6 Å². The molecule has 1 N–H and O–H groups in total. The number of rotatable bonds is 30. The lowest BCUT2D eigenvalue weighted by molar-refractivity contribution is 0.0861. The van der Waals surface area contributed by atoms with E-state index in [4.69, 9.17) is 4.74 Å². The second kappa shape index (κ2) is 33.0. The Hall–Kier alpha value is -1.55. The summed E-state index contributed by atoms with van der Waals surface area (Å²) in [5.74, 6) is 0. The number of nitrogens with one attached hydrogen (secondary N) is 1. The second-order valence-corrected chi connectivity index (χ2v) is 12.1. The summed E-state index contributed by atoms with van der Waals surface area (Å²) in [4.78, 5) is 14.4. The van der Waals surface area contributed by atoms with Crippen molar-refractivity contribution in [1.29, 1.82) is 0 Å². The lowest BCUT2D eigenvalue weighted by atomic mass is 10.0. The SMILES string of the molecule is CCCCC/C=C\CCCCCCCC/C=C\CCC(CCCC/C=C\CCCCCC)OC(=O)NCCN(C)C.